The molecule has 0 saturated heterocycles. The van der Waals surface area contributed by atoms with Crippen LogP contribution < -0.4 is 0 Å². The lowest BCUT2D eigenvalue weighted by atomic mass is 10.0. The van der Waals surface area contributed by atoms with Crippen LogP contribution in [0.4, 0.5) is 8.78 Å². The van der Waals surface area contributed by atoms with Crippen molar-refractivity contribution in [3.8, 4) is 0 Å². The van der Waals surface area contributed by atoms with Crippen molar-refractivity contribution in [1.82, 2.24) is 4.98 Å². The molecule has 5 heteroatoms. The highest BCUT2D eigenvalue weighted by Gasteiger charge is 2.19. The summed E-state index contributed by atoms with van der Waals surface area (Å²) in [7, 11) is 0. The first-order valence-electron chi connectivity index (χ1n) is 5.83. The summed E-state index contributed by atoms with van der Waals surface area (Å²) >= 11 is 3.13. The molecule has 0 fully saturated rings. The lowest BCUT2D eigenvalue weighted by molar-refractivity contribution is 0.103. The number of fused-ring (bicyclic) bond motifs is 1. The van der Waals surface area contributed by atoms with Crippen molar-refractivity contribution in [3.05, 3.63) is 69.8 Å². The zero-order valence-electron chi connectivity index (χ0n) is 10.1. The highest BCUT2D eigenvalue weighted by molar-refractivity contribution is 9.10. The molecular weight excluding hydrogens is 328 g/mol. The van der Waals surface area contributed by atoms with E-state index >= 15 is 0 Å². The van der Waals surface area contributed by atoms with E-state index in [0.717, 1.165) is 0 Å². The molecule has 0 aliphatic carbocycles. The van der Waals surface area contributed by atoms with Crippen molar-refractivity contribution in [2.75, 3.05) is 0 Å². The molecule has 0 bridgehead atoms. The van der Waals surface area contributed by atoms with Crippen molar-refractivity contribution in [1.29, 1.82) is 0 Å². The first kappa shape index (κ1) is 13.0. The quantitative estimate of drug-likeness (QED) is 0.690. The number of ketones is 1. The van der Waals surface area contributed by atoms with Gasteiger partial charge in [0.25, 0.3) is 0 Å². The number of rotatable bonds is 2. The normalized spacial score (nSPS) is 10.9. The van der Waals surface area contributed by atoms with E-state index in [1.54, 1.807) is 18.2 Å². The molecule has 0 saturated carbocycles. The van der Waals surface area contributed by atoms with E-state index in [1.807, 2.05) is 0 Å². The monoisotopic (exact) mass is 335 g/mol. The number of aromatic amines is 1. The second-order valence-electron chi connectivity index (χ2n) is 4.32. The minimum absolute atomic E-state index is 0.0858. The molecule has 3 aromatic rings. The fraction of sp³-hybridized carbons (Fsp3) is 0. The Kier molecular flexibility index (Phi) is 3.14. The largest absolute Gasteiger partial charge is 0.360 e. The van der Waals surface area contributed by atoms with E-state index in [1.165, 1.54) is 24.4 Å². The van der Waals surface area contributed by atoms with Crippen LogP contribution in [0, 0.1) is 11.6 Å². The first-order chi connectivity index (χ1) is 9.58. The standard InChI is InChI=1S/C15H8BrF2NO/c16-8-4-5-9(12(18)6-8)15(20)10-7-19-13-3-1-2-11(17)14(10)13/h1-7,19H. The fourth-order valence-electron chi connectivity index (χ4n) is 2.14. The lowest BCUT2D eigenvalue weighted by Gasteiger charge is -2.03. The maximum Gasteiger partial charge on any atom is 0.198 e. The lowest BCUT2D eigenvalue weighted by Crippen LogP contribution is -2.04. The molecule has 0 unspecified atom stereocenters. The molecule has 0 radical (unpaired) electrons. The zero-order chi connectivity index (χ0) is 14.3. The van der Waals surface area contributed by atoms with E-state index in [-0.39, 0.29) is 16.5 Å². The van der Waals surface area contributed by atoms with Crippen LogP contribution in [0.15, 0.2) is 47.1 Å². The Morgan fingerprint density at radius 3 is 2.60 bits per heavy atom. The van der Waals surface area contributed by atoms with Crippen LogP contribution >= 0.6 is 15.9 Å². The Morgan fingerprint density at radius 1 is 1.05 bits per heavy atom. The number of hydrogen-bond acceptors (Lipinski definition) is 1. The third kappa shape index (κ3) is 2.04. The van der Waals surface area contributed by atoms with Crippen LogP contribution in [0.25, 0.3) is 10.9 Å². The van der Waals surface area contributed by atoms with Crippen molar-refractivity contribution >= 4 is 32.6 Å². The van der Waals surface area contributed by atoms with Gasteiger partial charge in [-0.05, 0) is 30.3 Å². The second kappa shape index (κ2) is 4.83. The molecule has 0 aliphatic heterocycles. The summed E-state index contributed by atoms with van der Waals surface area (Å²) in [5.74, 6) is -1.70. The molecule has 0 amide bonds. The fourth-order valence-corrected chi connectivity index (χ4v) is 2.47. The maximum atomic E-state index is 13.8. The Hall–Kier alpha value is -2.01. The third-order valence-electron chi connectivity index (χ3n) is 3.08. The molecule has 100 valence electrons. The number of H-pyrrole nitrogens is 1. The summed E-state index contributed by atoms with van der Waals surface area (Å²) in [6.07, 6.45) is 1.40. The van der Waals surface area contributed by atoms with Crippen LogP contribution in [0.2, 0.25) is 0 Å². The zero-order valence-corrected chi connectivity index (χ0v) is 11.7. The van der Waals surface area contributed by atoms with E-state index < -0.39 is 17.4 Å². The van der Waals surface area contributed by atoms with Crippen LogP contribution in [-0.4, -0.2) is 10.8 Å². The van der Waals surface area contributed by atoms with Crippen LogP contribution in [0.5, 0.6) is 0 Å². The molecule has 20 heavy (non-hydrogen) atoms. The number of carbonyl (C=O) groups is 1. The Bertz CT molecular complexity index is 826. The summed E-state index contributed by atoms with van der Waals surface area (Å²) in [6.45, 7) is 0. The molecule has 0 atom stereocenters. The average molecular weight is 336 g/mol. The van der Waals surface area contributed by atoms with E-state index in [4.69, 9.17) is 0 Å². The average Bonchev–Trinajstić information content (AvgIpc) is 2.83. The second-order valence-corrected chi connectivity index (χ2v) is 5.23. The van der Waals surface area contributed by atoms with Gasteiger partial charge in [-0.1, -0.05) is 22.0 Å². The van der Waals surface area contributed by atoms with Gasteiger partial charge in [0.2, 0.25) is 0 Å². The number of benzene rings is 2. The molecule has 1 heterocycles. The smallest absolute Gasteiger partial charge is 0.198 e. The van der Waals surface area contributed by atoms with Gasteiger partial charge in [-0.25, -0.2) is 8.78 Å². The SMILES string of the molecule is O=C(c1ccc(Br)cc1F)c1c[nH]c2cccc(F)c12. The molecular formula is C15H8BrF2NO. The Labute approximate surface area is 121 Å². The predicted molar refractivity (Wildman–Crippen MR) is 75.8 cm³/mol. The summed E-state index contributed by atoms with van der Waals surface area (Å²) in [4.78, 5) is 15.2. The van der Waals surface area contributed by atoms with E-state index in [9.17, 15) is 13.6 Å². The molecule has 2 nitrogen and oxygen atoms in total. The Morgan fingerprint density at radius 2 is 1.85 bits per heavy atom. The van der Waals surface area contributed by atoms with Gasteiger partial charge in [0, 0.05) is 21.6 Å². The van der Waals surface area contributed by atoms with E-state index in [2.05, 4.69) is 20.9 Å². The van der Waals surface area contributed by atoms with Crippen LogP contribution in [-0.2, 0) is 0 Å². The van der Waals surface area contributed by atoms with Gasteiger partial charge >= 0.3 is 0 Å². The highest BCUT2D eigenvalue weighted by Crippen LogP contribution is 2.25. The molecule has 1 aromatic heterocycles. The summed E-state index contributed by atoms with van der Waals surface area (Å²) in [5, 5.41) is 0.180. The van der Waals surface area contributed by atoms with Crippen molar-refractivity contribution in [3.63, 3.8) is 0 Å². The van der Waals surface area contributed by atoms with Gasteiger partial charge in [-0.15, -0.1) is 0 Å². The molecule has 2 aromatic carbocycles. The van der Waals surface area contributed by atoms with Gasteiger partial charge in [0.05, 0.1) is 11.1 Å². The number of hydrogen-bond donors (Lipinski definition) is 1. The van der Waals surface area contributed by atoms with Gasteiger partial charge in [0.15, 0.2) is 5.78 Å². The molecule has 3 rings (SSSR count). The number of nitrogens with one attached hydrogen (secondary N) is 1. The number of aromatic nitrogens is 1. The summed E-state index contributed by atoms with van der Waals surface area (Å²) in [5.41, 5.74) is 0.544. The van der Waals surface area contributed by atoms with Gasteiger partial charge in [-0.2, -0.15) is 0 Å². The molecule has 0 spiro atoms. The van der Waals surface area contributed by atoms with Crippen LogP contribution in [0.1, 0.15) is 15.9 Å². The molecule has 0 aliphatic rings. The van der Waals surface area contributed by atoms with Gasteiger partial charge in [0.1, 0.15) is 11.6 Å². The summed E-state index contributed by atoms with van der Waals surface area (Å²) in [6, 6.07) is 8.63. The van der Waals surface area contributed by atoms with Gasteiger partial charge < -0.3 is 4.98 Å². The van der Waals surface area contributed by atoms with Crippen molar-refractivity contribution in [2.45, 2.75) is 0 Å². The predicted octanol–water partition coefficient (Wildman–Crippen LogP) is 4.44. The topological polar surface area (TPSA) is 32.9 Å². The summed E-state index contributed by atoms with van der Waals surface area (Å²) < 4.78 is 28.2. The Balaban J connectivity index is 2.18. The minimum atomic E-state index is -0.643. The van der Waals surface area contributed by atoms with Crippen LogP contribution in [0.3, 0.4) is 0 Å². The van der Waals surface area contributed by atoms with Crippen molar-refractivity contribution < 1.29 is 13.6 Å². The van der Waals surface area contributed by atoms with E-state index in [0.29, 0.717) is 9.99 Å². The highest BCUT2D eigenvalue weighted by atomic mass is 79.9. The van der Waals surface area contributed by atoms with Gasteiger partial charge in [-0.3, -0.25) is 4.79 Å². The number of carbonyl (C=O) groups excluding carboxylic acids is 1. The van der Waals surface area contributed by atoms with Crippen molar-refractivity contribution in [2.24, 2.45) is 0 Å². The number of halogens is 3. The maximum absolute atomic E-state index is 13.8. The minimum Gasteiger partial charge on any atom is -0.360 e. The molecule has 1 N–H and O–H groups in total. The first-order valence-corrected chi connectivity index (χ1v) is 6.62. The third-order valence-corrected chi connectivity index (χ3v) is 3.57.